The summed E-state index contributed by atoms with van der Waals surface area (Å²) >= 11 is 0. The van der Waals surface area contributed by atoms with E-state index in [1.165, 1.54) is 5.56 Å². The van der Waals surface area contributed by atoms with Gasteiger partial charge in [0.2, 0.25) is 0 Å². The van der Waals surface area contributed by atoms with E-state index in [-0.39, 0.29) is 5.91 Å². The standard InChI is InChI=1S/C14H19NO3/c1-10(16)6-8-15-14(17)13-12-5-3-2-4-11(12)7-9-18-13/h2-5,10,13,16H,6-9H2,1H3,(H,15,17). The lowest BCUT2D eigenvalue weighted by atomic mass is 9.97. The molecule has 0 saturated carbocycles. The second-order valence-corrected chi connectivity index (χ2v) is 4.63. The molecule has 2 N–H and O–H groups in total. The maximum Gasteiger partial charge on any atom is 0.253 e. The molecule has 0 saturated heterocycles. The molecule has 0 radical (unpaired) electrons. The zero-order chi connectivity index (χ0) is 13.0. The summed E-state index contributed by atoms with van der Waals surface area (Å²) < 4.78 is 5.55. The summed E-state index contributed by atoms with van der Waals surface area (Å²) in [6, 6.07) is 7.87. The Kier molecular flexibility index (Phi) is 4.33. The molecule has 0 aromatic heterocycles. The first kappa shape index (κ1) is 13.1. The van der Waals surface area contributed by atoms with Crippen LogP contribution >= 0.6 is 0 Å². The Morgan fingerprint density at radius 1 is 1.56 bits per heavy atom. The van der Waals surface area contributed by atoms with Gasteiger partial charge in [-0.2, -0.15) is 0 Å². The van der Waals surface area contributed by atoms with E-state index in [0.717, 1.165) is 12.0 Å². The van der Waals surface area contributed by atoms with Gasteiger partial charge in [0.15, 0.2) is 6.10 Å². The third-order valence-electron chi connectivity index (χ3n) is 3.09. The molecule has 2 rings (SSSR count). The molecule has 18 heavy (non-hydrogen) atoms. The van der Waals surface area contributed by atoms with Gasteiger partial charge in [0.05, 0.1) is 12.7 Å². The van der Waals surface area contributed by atoms with Crippen LogP contribution in [0.2, 0.25) is 0 Å². The van der Waals surface area contributed by atoms with E-state index in [1.807, 2.05) is 24.3 Å². The molecule has 2 unspecified atom stereocenters. The van der Waals surface area contributed by atoms with E-state index in [2.05, 4.69) is 5.32 Å². The van der Waals surface area contributed by atoms with E-state index >= 15 is 0 Å². The van der Waals surface area contributed by atoms with Crippen molar-refractivity contribution >= 4 is 5.91 Å². The largest absolute Gasteiger partial charge is 0.393 e. The lowest BCUT2D eigenvalue weighted by Gasteiger charge is -2.25. The van der Waals surface area contributed by atoms with E-state index < -0.39 is 12.2 Å². The Hall–Kier alpha value is -1.39. The average molecular weight is 249 g/mol. The number of hydrogen-bond donors (Lipinski definition) is 2. The van der Waals surface area contributed by atoms with Gasteiger partial charge >= 0.3 is 0 Å². The van der Waals surface area contributed by atoms with Crippen LogP contribution in [-0.4, -0.2) is 30.3 Å². The van der Waals surface area contributed by atoms with E-state index in [1.54, 1.807) is 6.92 Å². The summed E-state index contributed by atoms with van der Waals surface area (Å²) in [6.07, 6.45) is 0.502. The van der Waals surface area contributed by atoms with Crippen molar-refractivity contribution in [2.45, 2.75) is 32.0 Å². The zero-order valence-corrected chi connectivity index (χ0v) is 10.6. The van der Waals surface area contributed by atoms with Crippen LogP contribution in [0.3, 0.4) is 0 Å². The predicted octanol–water partition coefficient (Wildman–Crippen LogP) is 1.19. The summed E-state index contributed by atoms with van der Waals surface area (Å²) in [5.41, 5.74) is 2.14. The number of fused-ring (bicyclic) bond motifs is 1. The molecule has 2 atom stereocenters. The Morgan fingerprint density at radius 2 is 2.33 bits per heavy atom. The Morgan fingerprint density at radius 3 is 3.11 bits per heavy atom. The Balaban J connectivity index is 1.99. The van der Waals surface area contributed by atoms with Crippen LogP contribution < -0.4 is 5.32 Å². The minimum absolute atomic E-state index is 0.122. The van der Waals surface area contributed by atoms with Gasteiger partial charge < -0.3 is 15.2 Å². The first-order valence-electron chi connectivity index (χ1n) is 6.33. The molecule has 0 aliphatic carbocycles. The molecule has 98 valence electrons. The third kappa shape index (κ3) is 3.09. The first-order valence-corrected chi connectivity index (χ1v) is 6.33. The molecule has 0 spiro atoms. The first-order chi connectivity index (χ1) is 8.68. The van der Waals surface area contributed by atoms with Crippen molar-refractivity contribution in [3.63, 3.8) is 0 Å². The number of aliphatic hydroxyl groups excluding tert-OH is 1. The average Bonchev–Trinajstić information content (AvgIpc) is 2.37. The highest BCUT2D eigenvalue weighted by Gasteiger charge is 2.26. The maximum atomic E-state index is 12.0. The van der Waals surface area contributed by atoms with Crippen LogP contribution in [-0.2, 0) is 16.0 Å². The number of nitrogens with one attached hydrogen (secondary N) is 1. The van der Waals surface area contributed by atoms with Gasteiger partial charge in [-0.1, -0.05) is 24.3 Å². The van der Waals surface area contributed by atoms with Crippen LogP contribution in [0.25, 0.3) is 0 Å². The summed E-state index contributed by atoms with van der Waals surface area (Å²) in [5, 5.41) is 12.0. The Labute approximate surface area is 107 Å². The van der Waals surface area contributed by atoms with Crippen molar-refractivity contribution in [2.75, 3.05) is 13.2 Å². The summed E-state index contributed by atoms with van der Waals surface area (Å²) in [7, 11) is 0. The maximum absolute atomic E-state index is 12.0. The number of carbonyl (C=O) groups is 1. The van der Waals surface area contributed by atoms with Crippen LogP contribution in [0.5, 0.6) is 0 Å². The second kappa shape index (κ2) is 5.98. The third-order valence-corrected chi connectivity index (χ3v) is 3.09. The second-order valence-electron chi connectivity index (χ2n) is 4.63. The van der Waals surface area contributed by atoms with Gasteiger partial charge in [-0.3, -0.25) is 4.79 Å². The Bertz CT molecular complexity index is 417. The SMILES string of the molecule is CC(O)CCNC(=O)C1OCCc2ccccc21. The van der Waals surface area contributed by atoms with Crippen molar-refractivity contribution in [3.8, 4) is 0 Å². The lowest BCUT2D eigenvalue weighted by Crippen LogP contribution is -2.35. The molecule has 0 fully saturated rings. The molecular weight excluding hydrogens is 230 g/mol. The minimum Gasteiger partial charge on any atom is -0.393 e. The van der Waals surface area contributed by atoms with Crippen LogP contribution in [0.15, 0.2) is 24.3 Å². The lowest BCUT2D eigenvalue weighted by molar-refractivity contribution is -0.134. The zero-order valence-electron chi connectivity index (χ0n) is 10.6. The van der Waals surface area contributed by atoms with Crippen LogP contribution in [0.4, 0.5) is 0 Å². The van der Waals surface area contributed by atoms with Crippen molar-refractivity contribution in [2.24, 2.45) is 0 Å². The predicted molar refractivity (Wildman–Crippen MR) is 68.1 cm³/mol. The van der Waals surface area contributed by atoms with Crippen LogP contribution in [0, 0.1) is 0 Å². The number of hydrogen-bond acceptors (Lipinski definition) is 3. The number of carbonyl (C=O) groups excluding carboxylic acids is 1. The number of benzene rings is 1. The molecule has 1 heterocycles. The van der Waals surface area contributed by atoms with Gasteiger partial charge in [0.25, 0.3) is 5.91 Å². The molecule has 1 aromatic carbocycles. The molecular formula is C14H19NO3. The fourth-order valence-corrected chi connectivity index (χ4v) is 2.11. The highest BCUT2D eigenvalue weighted by atomic mass is 16.5. The molecule has 1 aliphatic heterocycles. The number of amides is 1. The number of rotatable bonds is 4. The molecule has 1 amide bonds. The molecule has 1 aliphatic rings. The van der Waals surface area contributed by atoms with Gasteiger partial charge in [-0.15, -0.1) is 0 Å². The van der Waals surface area contributed by atoms with E-state index in [9.17, 15) is 4.79 Å². The fourth-order valence-electron chi connectivity index (χ4n) is 2.11. The van der Waals surface area contributed by atoms with Crippen LogP contribution in [0.1, 0.15) is 30.6 Å². The van der Waals surface area contributed by atoms with Crippen molar-refractivity contribution in [1.82, 2.24) is 5.32 Å². The monoisotopic (exact) mass is 249 g/mol. The smallest absolute Gasteiger partial charge is 0.253 e. The topological polar surface area (TPSA) is 58.6 Å². The molecule has 0 bridgehead atoms. The van der Waals surface area contributed by atoms with E-state index in [4.69, 9.17) is 9.84 Å². The molecule has 4 nitrogen and oxygen atoms in total. The summed E-state index contributed by atoms with van der Waals surface area (Å²) in [4.78, 5) is 12.0. The quantitative estimate of drug-likeness (QED) is 0.842. The van der Waals surface area contributed by atoms with Crippen molar-refractivity contribution in [1.29, 1.82) is 0 Å². The van der Waals surface area contributed by atoms with Gasteiger partial charge in [0.1, 0.15) is 0 Å². The molecule has 4 heteroatoms. The fraction of sp³-hybridized carbons (Fsp3) is 0.500. The van der Waals surface area contributed by atoms with Gasteiger partial charge in [-0.05, 0) is 30.9 Å². The van der Waals surface area contributed by atoms with Gasteiger partial charge in [0, 0.05) is 6.54 Å². The minimum atomic E-state index is -0.510. The number of ether oxygens (including phenoxy) is 1. The highest BCUT2D eigenvalue weighted by molar-refractivity contribution is 5.82. The van der Waals surface area contributed by atoms with Crippen molar-refractivity contribution < 1.29 is 14.6 Å². The highest BCUT2D eigenvalue weighted by Crippen LogP contribution is 2.26. The number of aliphatic hydroxyl groups is 1. The molecule has 1 aromatic rings. The summed E-state index contributed by atoms with van der Waals surface area (Å²) in [5.74, 6) is -0.122. The van der Waals surface area contributed by atoms with E-state index in [0.29, 0.717) is 19.6 Å². The summed E-state index contributed by atoms with van der Waals surface area (Å²) in [6.45, 7) is 2.75. The van der Waals surface area contributed by atoms with Crippen molar-refractivity contribution in [3.05, 3.63) is 35.4 Å². The normalized spacial score (nSPS) is 20.0. The van der Waals surface area contributed by atoms with Gasteiger partial charge in [-0.25, -0.2) is 0 Å².